The Morgan fingerprint density at radius 3 is 2.53 bits per heavy atom. The van der Waals surface area contributed by atoms with Crippen LogP contribution < -0.4 is 5.32 Å². The second kappa shape index (κ2) is 4.99. The lowest BCUT2D eigenvalue weighted by atomic mass is 10.2. The van der Waals surface area contributed by atoms with E-state index in [1.165, 1.54) is 6.20 Å². The first kappa shape index (κ1) is 11.0. The standard InChI is InChI=1S/C13H11N3O/c14-7-10-1-3-11(4-2-10)15-8-12-5-6-13(17)9-16-12/h1-6,9,15,17H,8H2. The van der Waals surface area contributed by atoms with Crippen LogP contribution in [0.2, 0.25) is 0 Å². The van der Waals surface area contributed by atoms with Crippen molar-refractivity contribution in [3.8, 4) is 11.8 Å². The number of nitrogens with zero attached hydrogens (tertiary/aromatic N) is 2. The van der Waals surface area contributed by atoms with Crippen LogP contribution in [0.4, 0.5) is 5.69 Å². The minimum atomic E-state index is 0.159. The molecule has 0 amide bonds. The minimum absolute atomic E-state index is 0.159. The Morgan fingerprint density at radius 2 is 1.94 bits per heavy atom. The number of benzene rings is 1. The number of nitriles is 1. The Labute approximate surface area is 99.2 Å². The van der Waals surface area contributed by atoms with Gasteiger partial charge < -0.3 is 10.4 Å². The van der Waals surface area contributed by atoms with Gasteiger partial charge in [-0.3, -0.25) is 4.98 Å². The Kier molecular flexibility index (Phi) is 3.22. The molecular weight excluding hydrogens is 214 g/mol. The zero-order valence-electron chi connectivity index (χ0n) is 9.09. The van der Waals surface area contributed by atoms with Crippen LogP contribution in [0.1, 0.15) is 11.3 Å². The van der Waals surface area contributed by atoms with E-state index in [1.54, 1.807) is 24.3 Å². The highest BCUT2D eigenvalue weighted by Crippen LogP contribution is 2.11. The lowest BCUT2D eigenvalue weighted by Gasteiger charge is -2.05. The molecule has 1 aromatic carbocycles. The third-order valence-electron chi connectivity index (χ3n) is 2.30. The molecule has 2 rings (SSSR count). The monoisotopic (exact) mass is 225 g/mol. The number of aromatic nitrogens is 1. The van der Waals surface area contributed by atoms with Gasteiger partial charge in [0.2, 0.25) is 0 Å². The number of pyridine rings is 1. The first-order chi connectivity index (χ1) is 8.28. The third-order valence-corrected chi connectivity index (χ3v) is 2.30. The Balaban J connectivity index is 1.98. The Morgan fingerprint density at radius 1 is 1.18 bits per heavy atom. The normalized spacial score (nSPS) is 9.59. The van der Waals surface area contributed by atoms with Gasteiger partial charge in [-0.25, -0.2) is 0 Å². The van der Waals surface area contributed by atoms with Crippen LogP contribution in [-0.2, 0) is 6.54 Å². The van der Waals surface area contributed by atoms with Crippen LogP contribution in [0.25, 0.3) is 0 Å². The number of rotatable bonds is 3. The van der Waals surface area contributed by atoms with E-state index >= 15 is 0 Å². The van der Waals surface area contributed by atoms with Gasteiger partial charge in [0.25, 0.3) is 0 Å². The van der Waals surface area contributed by atoms with Gasteiger partial charge in [0.15, 0.2) is 0 Å². The maximum atomic E-state index is 9.09. The molecule has 0 saturated heterocycles. The summed E-state index contributed by atoms with van der Waals surface area (Å²) in [5.41, 5.74) is 2.41. The van der Waals surface area contributed by atoms with Crippen molar-refractivity contribution >= 4 is 5.69 Å². The summed E-state index contributed by atoms with van der Waals surface area (Å²) in [5, 5.41) is 20.9. The van der Waals surface area contributed by atoms with Gasteiger partial charge in [-0.1, -0.05) is 0 Å². The predicted octanol–water partition coefficient (Wildman–Crippen LogP) is 2.27. The largest absolute Gasteiger partial charge is 0.506 e. The zero-order valence-corrected chi connectivity index (χ0v) is 9.09. The molecule has 2 aromatic rings. The van der Waals surface area contributed by atoms with E-state index in [1.807, 2.05) is 12.1 Å². The lowest BCUT2D eigenvalue weighted by Crippen LogP contribution is -2.00. The highest BCUT2D eigenvalue weighted by molar-refractivity contribution is 5.47. The first-order valence-electron chi connectivity index (χ1n) is 5.16. The molecule has 2 N–H and O–H groups in total. The number of aromatic hydroxyl groups is 1. The van der Waals surface area contributed by atoms with E-state index < -0.39 is 0 Å². The number of nitrogens with one attached hydrogen (secondary N) is 1. The van der Waals surface area contributed by atoms with E-state index in [-0.39, 0.29) is 5.75 Å². The Hall–Kier alpha value is -2.54. The summed E-state index contributed by atoms with van der Waals surface area (Å²) in [6, 6.07) is 12.6. The molecule has 0 saturated carbocycles. The van der Waals surface area contributed by atoms with Crippen molar-refractivity contribution in [2.45, 2.75) is 6.54 Å². The number of hydrogen-bond donors (Lipinski definition) is 2. The molecule has 4 nitrogen and oxygen atoms in total. The molecule has 0 atom stereocenters. The van der Waals surface area contributed by atoms with Gasteiger partial charge in [0, 0.05) is 5.69 Å². The van der Waals surface area contributed by atoms with Crippen molar-refractivity contribution in [3.05, 3.63) is 53.9 Å². The van der Waals surface area contributed by atoms with Crippen LogP contribution >= 0.6 is 0 Å². The van der Waals surface area contributed by atoms with Crippen molar-refractivity contribution in [1.82, 2.24) is 4.98 Å². The summed E-state index contributed by atoms with van der Waals surface area (Å²) in [5.74, 6) is 0.159. The van der Waals surface area contributed by atoms with E-state index in [0.29, 0.717) is 12.1 Å². The van der Waals surface area contributed by atoms with E-state index in [4.69, 9.17) is 10.4 Å². The van der Waals surface area contributed by atoms with Crippen LogP contribution in [0, 0.1) is 11.3 Å². The summed E-state index contributed by atoms with van der Waals surface area (Å²) < 4.78 is 0. The highest BCUT2D eigenvalue weighted by atomic mass is 16.3. The van der Waals surface area contributed by atoms with Gasteiger partial charge in [-0.15, -0.1) is 0 Å². The molecule has 0 aliphatic heterocycles. The zero-order chi connectivity index (χ0) is 12.1. The average Bonchev–Trinajstić information content (AvgIpc) is 2.39. The molecule has 17 heavy (non-hydrogen) atoms. The smallest absolute Gasteiger partial charge is 0.133 e. The fourth-order valence-electron chi connectivity index (χ4n) is 1.38. The van der Waals surface area contributed by atoms with Crippen LogP contribution in [-0.4, -0.2) is 10.1 Å². The van der Waals surface area contributed by atoms with Gasteiger partial charge >= 0.3 is 0 Å². The topological polar surface area (TPSA) is 68.9 Å². The summed E-state index contributed by atoms with van der Waals surface area (Å²) in [6.45, 7) is 0.576. The molecule has 0 fully saturated rings. The average molecular weight is 225 g/mol. The summed E-state index contributed by atoms with van der Waals surface area (Å²) >= 11 is 0. The number of hydrogen-bond acceptors (Lipinski definition) is 4. The van der Waals surface area contributed by atoms with Crippen LogP contribution in [0.3, 0.4) is 0 Å². The highest BCUT2D eigenvalue weighted by Gasteiger charge is 1.96. The van der Waals surface area contributed by atoms with Crippen molar-refractivity contribution in [3.63, 3.8) is 0 Å². The molecule has 0 unspecified atom stereocenters. The maximum Gasteiger partial charge on any atom is 0.133 e. The van der Waals surface area contributed by atoms with Crippen LogP contribution in [0.5, 0.6) is 5.75 Å². The van der Waals surface area contributed by atoms with E-state index in [9.17, 15) is 0 Å². The molecule has 0 radical (unpaired) electrons. The van der Waals surface area contributed by atoms with Crippen molar-refractivity contribution in [2.75, 3.05) is 5.32 Å². The van der Waals surface area contributed by atoms with E-state index in [0.717, 1.165) is 11.4 Å². The molecule has 1 heterocycles. The third kappa shape index (κ3) is 2.95. The predicted molar refractivity (Wildman–Crippen MR) is 64.4 cm³/mol. The maximum absolute atomic E-state index is 9.09. The molecule has 4 heteroatoms. The van der Waals surface area contributed by atoms with Gasteiger partial charge in [0.1, 0.15) is 5.75 Å². The second-order valence-electron chi connectivity index (χ2n) is 3.55. The fourth-order valence-corrected chi connectivity index (χ4v) is 1.38. The molecule has 1 aromatic heterocycles. The van der Waals surface area contributed by atoms with E-state index in [2.05, 4.69) is 16.4 Å². The quantitative estimate of drug-likeness (QED) is 0.840. The van der Waals surface area contributed by atoms with Gasteiger partial charge in [0.05, 0.1) is 30.1 Å². The van der Waals surface area contributed by atoms with Crippen molar-refractivity contribution < 1.29 is 5.11 Å². The Bertz CT molecular complexity index is 526. The number of anilines is 1. The summed E-state index contributed by atoms with van der Waals surface area (Å²) in [7, 11) is 0. The molecule has 84 valence electrons. The summed E-state index contributed by atoms with van der Waals surface area (Å²) in [4.78, 5) is 4.06. The SMILES string of the molecule is N#Cc1ccc(NCc2ccc(O)cn2)cc1. The fraction of sp³-hybridized carbons (Fsp3) is 0.0769. The second-order valence-corrected chi connectivity index (χ2v) is 3.55. The van der Waals surface area contributed by atoms with Crippen molar-refractivity contribution in [1.29, 1.82) is 5.26 Å². The minimum Gasteiger partial charge on any atom is -0.506 e. The van der Waals surface area contributed by atoms with Gasteiger partial charge in [-0.05, 0) is 36.4 Å². The van der Waals surface area contributed by atoms with Crippen LogP contribution in [0.15, 0.2) is 42.6 Å². The first-order valence-corrected chi connectivity index (χ1v) is 5.16. The van der Waals surface area contributed by atoms with Crippen molar-refractivity contribution in [2.24, 2.45) is 0 Å². The van der Waals surface area contributed by atoms with Gasteiger partial charge in [-0.2, -0.15) is 5.26 Å². The molecular formula is C13H11N3O. The molecule has 0 aliphatic carbocycles. The summed E-state index contributed by atoms with van der Waals surface area (Å²) in [6.07, 6.45) is 1.41. The lowest BCUT2D eigenvalue weighted by molar-refractivity contribution is 0.472. The molecule has 0 spiro atoms. The molecule has 0 bridgehead atoms. The molecule has 0 aliphatic rings.